The number of hydrogen-bond donors (Lipinski definition) is 2. The average molecular weight is 468 g/mol. The lowest BCUT2D eigenvalue weighted by Gasteiger charge is -2.10. The first-order chi connectivity index (χ1) is 16.5. The van der Waals surface area contributed by atoms with Crippen molar-refractivity contribution in [1.29, 1.82) is 0 Å². The van der Waals surface area contributed by atoms with Gasteiger partial charge in [0.25, 0.3) is 0 Å². The molecule has 0 atom stereocenters. The van der Waals surface area contributed by atoms with Crippen molar-refractivity contribution in [1.82, 2.24) is 25.0 Å². The summed E-state index contributed by atoms with van der Waals surface area (Å²) >= 11 is 6.34. The summed E-state index contributed by atoms with van der Waals surface area (Å²) in [5.74, 6) is 0. The molecule has 5 aromatic rings. The van der Waals surface area contributed by atoms with Crippen molar-refractivity contribution in [3.8, 4) is 16.9 Å². The zero-order chi connectivity index (χ0) is 23.5. The van der Waals surface area contributed by atoms with E-state index < -0.39 is 0 Å². The molecule has 34 heavy (non-hydrogen) atoms. The van der Waals surface area contributed by atoms with E-state index in [0.29, 0.717) is 5.02 Å². The molecule has 0 saturated carbocycles. The van der Waals surface area contributed by atoms with E-state index in [2.05, 4.69) is 37.0 Å². The lowest BCUT2D eigenvalue weighted by Crippen LogP contribution is -1.97. The zero-order valence-electron chi connectivity index (χ0n) is 18.7. The number of nitrogens with one attached hydrogen (secondary N) is 2. The maximum absolute atomic E-state index is 6.34. The second-order valence-corrected chi connectivity index (χ2v) is 8.25. The molecule has 168 valence electrons. The van der Waals surface area contributed by atoms with Gasteiger partial charge in [0.15, 0.2) is 0 Å². The third kappa shape index (κ3) is 4.74. The molecular weight excluding hydrogens is 446 g/mol. The van der Waals surface area contributed by atoms with E-state index in [1.54, 1.807) is 17.1 Å². The van der Waals surface area contributed by atoms with Crippen molar-refractivity contribution in [3.63, 3.8) is 0 Å². The fourth-order valence-corrected chi connectivity index (χ4v) is 3.73. The van der Waals surface area contributed by atoms with Crippen LogP contribution in [0.15, 0.2) is 85.3 Å². The Balaban J connectivity index is 1.32. The summed E-state index contributed by atoms with van der Waals surface area (Å²) in [7, 11) is 0. The predicted molar refractivity (Wildman–Crippen MR) is 136 cm³/mol. The highest BCUT2D eigenvalue weighted by Crippen LogP contribution is 2.28. The van der Waals surface area contributed by atoms with Gasteiger partial charge in [0, 0.05) is 40.7 Å². The highest BCUT2D eigenvalue weighted by molar-refractivity contribution is 6.33. The van der Waals surface area contributed by atoms with Crippen LogP contribution in [0.5, 0.6) is 0 Å². The van der Waals surface area contributed by atoms with Crippen LogP contribution in [-0.4, -0.2) is 25.0 Å². The first-order valence-corrected chi connectivity index (χ1v) is 11.1. The summed E-state index contributed by atoms with van der Waals surface area (Å²) in [5, 5.41) is 16.0. The van der Waals surface area contributed by atoms with E-state index in [0.717, 1.165) is 51.1 Å². The van der Waals surface area contributed by atoms with Gasteiger partial charge in [0.2, 0.25) is 0 Å². The minimum absolute atomic E-state index is 0.614. The number of aromatic nitrogens is 5. The molecule has 2 N–H and O–H groups in total. The molecule has 0 aliphatic heterocycles. The van der Waals surface area contributed by atoms with Gasteiger partial charge in [-0.2, -0.15) is 0 Å². The third-order valence-corrected chi connectivity index (χ3v) is 5.79. The van der Waals surface area contributed by atoms with Crippen molar-refractivity contribution in [2.45, 2.75) is 13.8 Å². The second kappa shape index (κ2) is 9.33. The van der Waals surface area contributed by atoms with Gasteiger partial charge in [-0.1, -0.05) is 28.9 Å². The highest BCUT2D eigenvalue weighted by atomic mass is 35.5. The van der Waals surface area contributed by atoms with Crippen LogP contribution >= 0.6 is 11.6 Å². The fraction of sp³-hybridized carbons (Fsp3) is 0.0769. The molecule has 0 aliphatic carbocycles. The molecular formula is C26H22ClN7. The molecule has 0 fully saturated rings. The van der Waals surface area contributed by atoms with Crippen molar-refractivity contribution >= 4 is 34.4 Å². The molecule has 0 radical (unpaired) electrons. The number of rotatable bonds is 6. The molecule has 0 amide bonds. The molecule has 0 saturated heterocycles. The maximum Gasteiger partial charge on any atom is 0.113 e. The molecule has 8 heteroatoms. The largest absolute Gasteiger partial charge is 0.355 e. The molecule has 0 bridgehead atoms. The smallest absolute Gasteiger partial charge is 0.113 e. The predicted octanol–water partition coefficient (Wildman–Crippen LogP) is 6.48. The quantitative estimate of drug-likeness (QED) is 0.297. The average Bonchev–Trinajstić information content (AvgIpc) is 3.33. The Labute approximate surface area is 202 Å². The summed E-state index contributed by atoms with van der Waals surface area (Å²) in [5.41, 5.74) is 8.12. The summed E-state index contributed by atoms with van der Waals surface area (Å²) in [6.07, 6.45) is 5.44. The van der Waals surface area contributed by atoms with Gasteiger partial charge < -0.3 is 10.6 Å². The Morgan fingerprint density at radius 2 is 1.59 bits per heavy atom. The number of pyridine rings is 2. The Morgan fingerprint density at radius 1 is 0.794 bits per heavy atom. The first kappa shape index (κ1) is 21.6. The lowest BCUT2D eigenvalue weighted by molar-refractivity contribution is 0.804. The van der Waals surface area contributed by atoms with E-state index in [4.69, 9.17) is 11.6 Å². The lowest BCUT2D eigenvalue weighted by atomic mass is 10.1. The normalized spacial score (nSPS) is 10.8. The topological polar surface area (TPSA) is 80.5 Å². The van der Waals surface area contributed by atoms with E-state index in [1.165, 1.54) is 0 Å². The van der Waals surface area contributed by atoms with Crippen LogP contribution in [0.3, 0.4) is 0 Å². The minimum atomic E-state index is 0.614. The van der Waals surface area contributed by atoms with E-state index in [9.17, 15) is 0 Å². The van der Waals surface area contributed by atoms with E-state index in [1.807, 2.05) is 80.7 Å². The summed E-state index contributed by atoms with van der Waals surface area (Å²) in [4.78, 5) is 8.43. The van der Waals surface area contributed by atoms with Gasteiger partial charge in [-0.05, 0) is 68.4 Å². The molecule has 3 heterocycles. The van der Waals surface area contributed by atoms with E-state index >= 15 is 0 Å². The van der Waals surface area contributed by atoms with Crippen LogP contribution in [0, 0.1) is 13.8 Å². The molecule has 0 spiro atoms. The van der Waals surface area contributed by atoms with Crippen LogP contribution < -0.4 is 10.6 Å². The van der Waals surface area contributed by atoms with Gasteiger partial charge in [0.05, 0.1) is 28.3 Å². The number of nitrogens with zero attached hydrogens (tertiary/aromatic N) is 5. The number of aryl methyl sites for hydroxylation is 2. The van der Waals surface area contributed by atoms with Crippen molar-refractivity contribution in [3.05, 3.63) is 102 Å². The number of anilines is 4. The first-order valence-electron chi connectivity index (χ1n) is 10.8. The highest BCUT2D eigenvalue weighted by Gasteiger charge is 2.08. The minimum Gasteiger partial charge on any atom is -0.355 e. The molecule has 3 aromatic heterocycles. The standard InChI is InChI=1S/C26H22ClN7/c1-17-14-22(10-12-28-17)30-21-5-3-4-19(15-21)25-16-34(33-32-25)23-8-6-20(7-9-23)31-24-11-13-29-18(2)26(24)27/h3-16H,1-2H3,(H,28,30)(H,29,31). The monoisotopic (exact) mass is 467 g/mol. The number of halogens is 1. The molecule has 2 aromatic carbocycles. The molecule has 0 aliphatic rings. The van der Waals surface area contributed by atoms with Gasteiger partial charge in [-0.3, -0.25) is 9.97 Å². The van der Waals surface area contributed by atoms with Crippen LogP contribution in [0.25, 0.3) is 16.9 Å². The van der Waals surface area contributed by atoms with Crippen molar-refractivity contribution in [2.24, 2.45) is 0 Å². The van der Waals surface area contributed by atoms with E-state index in [-0.39, 0.29) is 0 Å². The van der Waals surface area contributed by atoms with Gasteiger partial charge >= 0.3 is 0 Å². The Bertz CT molecular complexity index is 1440. The summed E-state index contributed by atoms with van der Waals surface area (Å²) < 4.78 is 1.76. The van der Waals surface area contributed by atoms with Crippen molar-refractivity contribution in [2.75, 3.05) is 10.6 Å². The third-order valence-electron chi connectivity index (χ3n) is 5.31. The Hall–Kier alpha value is -4.23. The van der Waals surface area contributed by atoms with Crippen molar-refractivity contribution < 1.29 is 0 Å². The molecule has 7 nitrogen and oxygen atoms in total. The van der Waals surface area contributed by atoms with Crippen LogP contribution in [0.4, 0.5) is 22.7 Å². The summed E-state index contributed by atoms with van der Waals surface area (Å²) in [6, 6.07) is 21.8. The second-order valence-electron chi connectivity index (χ2n) is 7.87. The Morgan fingerprint density at radius 3 is 2.41 bits per heavy atom. The Kier molecular flexibility index (Phi) is 5.93. The maximum atomic E-state index is 6.34. The van der Waals surface area contributed by atoms with Gasteiger partial charge in [0.1, 0.15) is 5.69 Å². The summed E-state index contributed by atoms with van der Waals surface area (Å²) in [6.45, 7) is 3.85. The fourth-order valence-electron chi connectivity index (χ4n) is 3.57. The SMILES string of the molecule is Cc1cc(Nc2cccc(-c3cn(-c4ccc(Nc5ccnc(C)c5Cl)cc4)nn3)c2)ccn1. The van der Waals surface area contributed by atoms with Crippen LogP contribution in [-0.2, 0) is 0 Å². The number of benzene rings is 2. The van der Waals surface area contributed by atoms with Gasteiger partial charge in [-0.25, -0.2) is 4.68 Å². The van der Waals surface area contributed by atoms with Gasteiger partial charge in [-0.15, -0.1) is 5.10 Å². The zero-order valence-corrected chi connectivity index (χ0v) is 19.5. The van der Waals surface area contributed by atoms with Crippen LogP contribution in [0.1, 0.15) is 11.4 Å². The van der Waals surface area contributed by atoms with Crippen LogP contribution in [0.2, 0.25) is 5.02 Å². The molecule has 5 rings (SSSR count). The molecule has 0 unspecified atom stereocenters. The number of hydrogen-bond acceptors (Lipinski definition) is 6.